The molecule has 1 aromatic carbocycles. The van der Waals surface area contributed by atoms with Crippen molar-refractivity contribution >= 4 is 21.8 Å². The van der Waals surface area contributed by atoms with Crippen molar-refractivity contribution in [2.45, 2.75) is 25.5 Å². The molecule has 3 nitrogen and oxygen atoms in total. The van der Waals surface area contributed by atoms with Gasteiger partial charge in [-0.3, -0.25) is 0 Å². The molecule has 1 aromatic rings. The molecule has 0 saturated carbocycles. The van der Waals surface area contributed by atoms with E-state index in [0.717, 1.165) is 12.2 Å². The minimum absolute atomic E-state index is 0.201. The molecule has 0 N–H and O–H groups in total. The molecule has 1 aliphatic rings. The summed E-state index contributed by atoms with van der Waals surface area (Å²) in [5, 5.41) is 0.415. The van der Waals surface area contributed by atoms with E-state index < -0.39 is 10.0 Å². The lowest BCUT2D eigenvalue weighted by atomic mass is 10.0. The summed E-state index contributed by atoms with van der Waals surface area (Å²) in [4.78, 5) is 0. The van der Waals surface area contributed by atoms with E-state index in [-0.39, 0.29) is 5.75 Å². The minimum atomic E-state index is -3.04. The van der Waals surface area contributed by atoms with Gasteiger partial charge in [0.1, 0.15) is 0 Å². The maximum atomic E-state index is 11.9. The highest BCUT2D eigenvalue weighted by Crippen LogP contribution is 2.36. The van der Waals surface area contributed by atoms with Crippen LogP contribution < -0.4 is 0 Å². The summed E-state index contributed by atoms with van der Waals surface area (Å²) in [6.07, 6.45) is 0.898. The maximum Gasteiger partial charge on any atom is 0.213 e. The summed E-state index contributed by atoms with van der Waals surface area (Å²) < 4.78 is 25.5. The molecule has 0 aliphatic carbocycles. The lowest BCUT2D eigenvalue weighted by Gasteiger charge is -2.19. The molecule has 1 saturated heterocycles. The van der Waals surface area contributed by atoms with E-state index in [1.807, 2.05) is 17.8 Å². The summed E-state index contributed by atoms with van der Waals surface area (Å²) >= 11 is 1.88. The quantitative estimate of drug-likeness (QED) is 0.861. The van der Waals surface area contributed by atoms with Crippen molar-refractivity contribution < 1.29 is 8.42 Å². The van der Waals surface area contributed by atoms with Crippen molar-refractivity contribution in [3.8, 4) is 0 Å². The summed E-state index contributed by atoms with van der Waals surface area (Å²) in [5.74, 6) is 1.07. The Hall–Kier alpha value is -0.520. The number of aryl methyl sites for hydroxylation is 1. The second-order valence-electron chi connectivity index (χ2n) is 4.80. The molecule has 0 bridgehead atoms. The van der Waals surface area contributed by atoms with Gasteiger partial charge in [0.2, 0.25) is 10.0 Å². The molecule has 1 fully saturated rings. The SMILES string of the molecule is CCS(=O)(=O)N1CCS[C@H](c2ccccc2C)CC1. The first-order valence-corrected chi connectivity index (χ1v) is 9.35. The molecule has 1 heterocycles. The van der Waals surface area contributed by atoms with E-state index >= 15 is 0 Å². The standard InChI is InChI=1S/C14H21NO2S2/c1-3-19(16,17)15-9-8-14(18-11-10-15)13-7-5-4-6-12(13)2/h4-7,14H,3,8-11H2,1-2H3/t14-/m0/s1. The molecule has 0 radical (unpaired) electrons. The molecule has 1 atom stereocenters. The van der Waals surface area contributed by atoms with E-state index in [9.17, 15) is 8.42 Å². The molecule has 1 aliphatic heterocycles. The topological polar surface area (TPSA) is 37.4 Å². The van der Waals surface area contributed by atoms with Crippen LogP contribution in [0.15, 0.2) is 24.3 Å². The van der Waals surface area contributed by atoms with Crippen LogP contribution in [-0.2, 0) is 10.0 Å². The highest BCUT2D eigenvalue weighted by molar-refractivity contribution is 7.99. The Morgan fingerprint density at radius 1 is 1.32 bits per heavy atom. The van der Waals surface area contributed by atoms with Gasteiger partial charge in [-0.2, -0.15) is 11.8 Å². The molecule has 0 aromatic heterocycles. The number of hydrogen-bond donors (Lipinski definition) is 0. The van der Waals surface area contributed by atoms with Crippen molar-refractivity contribution in [3.63, 3.8) is 0 Å². The minimum Gasteiger partial charge on any atom is -0.212 e. The summed E-state index contributed by atoms with van der Waals surface area (Å²) in [6, 6.07) is 8.40. The van der Waals surface area contributed by atoms with E-state index in [1.54, 1.807) is 11.2 Å². The fourth-order valence-electron chi connectivity index (χ4n) is 2.41. The van der Waals surface area contributed by atoms with E-state index in [0.29, 0.717) is 18.3 Å². The molecular weight excluding hydrogens is 278 g/mol. The van der Waals surface area contributed by atoms with Crippen molar-refractivity contribution in [2.75, 3.05) is 24.6 Å². The van der Waals surface area contributed by atoms with E-state index in [2.05, 4.69) is 25.1 Å². The van der Waals surface area contributed by atoms with Crippen LogP contribution in [-0.4, -0.2) is 37.3 Å². The lowest BCUT2D eigenvalue weighted by molar-refractivity contribution is 0.429. The Balaban J connectivity index is 2.11. The van der Waals surface area contributed by atoms with Crippen LogP contribution in [0.5, 0.6) is 0 Å². The van der Waals surface area contributed by atoms with Crippen LogP contribution in [0, 0.1) is 6.92 Å². The van der Waals surface area contributed by atoms with Gasteiger partial charge in [-0.05, 0) is 31.4 Å². The largest absolute Gasteiger partial charge is 0.213 e. The van der Waals surface area contributed by atoms with Gasteiger partial charge in [0.15, 0.2) is 0 Å². The van der Waals surface area contributed by atoms with Gasteiger partial charge in [0.25, 0.3) is 0 Å². The Morgan fingerprint density at radius 3 is 2.74 bits per heavy atom. The third-order valence-corrected chi connectivity index (χ3v) is 6.79. The second kappa shape index (κ2) is 6.29. The highest BCUT2D eigenvalue weighted by Gasteiger charge is 2.25. The molecule has 0 unspecified atom stereocenters. The fourth-order valence-corrected chi connectivity index (χ4v) is 4.97. The monoisotopic (exact) mass is 299 g/mol. The Labute approximate surface area is 120 Å². The molecule has 0 amide bonds. The van der Waals surface area contributed by atoms with Crippen LogP contribution in [0.1, 0.15) is 29.7 Å². The zero-order valence-electron chi connectivity index (χ0n) is 11.5. The lowest BCUT2D eigenvalue weighted by Crippen LogP contribution is -2.34. The van der Waals surface area contributed by atoms with Gasteiger partial charge in [-0.1, -0.05) is 24.3 Å². The normalized spacial score (nSPS) is 22.1. The number of nitrogens with zero attached hydrogens (tertiary/aromatic N) is 1. The van der Waals surface area contributed by atoms with Crippen LogP contribution in [0.25, 0.3) is 0 Å². The second-order valence-corrected chi connectivity index (χ2v) is 8.37. The molecule has 5 heteroatoms. The van der Waals surface area contributed by atoms with Gasteiger partial charge < -0.3 is 0 Å². The highest BCUT2D eigenvalue weighted by atomic mass is 32.2. The molecule has 19 heavy (non-hydrogen) atoms. The van der Waals surface area contributed by atoms with Gasteiger partial charge in [0.05, 0.1) is 5.75 Å². The first-order chi connectivity index (χ1) is 9.04. The predicted molar refractivity (Wildman–Crippen MR) is 82.0 cm³/mol. The van der Waals surface area contributed by atoms with Gasteiger partial charge in [-0.15, -0.1) is 0 Å². The Bertz CT molecular complexity index is 528. The molecule has 2 rings (SSSR count). The number of hydrogen-bond acceptors (Lipinski definition) is 3. The van der Waals surface area contributed by atoms with E-state index in [1.165, 1.54) is 11.1 Å². The summed E-state index contributed by atoms with van der Waals surface area (Å²) in [7, 11) is -3.04. The van der Waals surface area contributed by atoms with Crippen molar-refractivity contribution in [2.24, 2.45) is 0 Å². The zero-order valence-corrected chi connectivity index (χ0v) is 13.1. The summed E-state index contributed by atoms with van der Waals surface area (Å²) in [6.45, 7) is 5.12. The van der Waals surface area contributed by atoms with E-state index in [4.69, 9.17) is 0 Å². The molecular formula is C14H21NO2S2. The molecule has 0 spiro atoms. The third kappa shape index (κ3) is 3.52. The van der Waals surface area contributed by atoms with Crippen LogP contribution in [0.4, 0.5) is 0 Å². The zero-order chi connectivity index (χ0) is 13.9. The molecule has 106 valence electrons. The first kappa shape index (κ1) is 14.9. The first-order valence-electron chi connectivity index (χ1n) is 6.69. The Morgan fingerprint density at radius 2 is 2.05 bits per heavy atom. The maximum absolute atomic E-state index is 11.9. The van der Waals surface area contributed by atoms with Gasteiger partial charge in [0, 0.05) is 24.1 Å². The third-order valence-electron chi connectivity index (χ3n) is 3.59. The number of sulfonamides is 1. The van der Waals surface area contributed by atoms with Crippen LogP contribution >= 0.6 is 11.8 Å². The average Bonchev–Trinajstić information content (AvgIpc) is 2.65. The van der Waals surface area contributed by atoms with Crippen LogP contribution in [0.3, 0.4) is 0 Å². The predicted octanol–water partition coefficient (Wildman–Crippen LogP) is 2.82. The number of thioether (sulfide) groups is 1. The van der Waals surface area contributed by atoms with Gasteiger partial charge >= 0.3 is 0 Å². The number of benzene rings is 1. The van der Waals surface area contributed by atoms with Crippen molar-refractivity contribution in [1.29, 1.82) is 0 Å². The van der Waals surface area contributed by atoms with Crippen molar-refractivity contribution in [1.82, 2.24) is 4.31 Å². The number of rotatable bonds is 3. The smallest absolute Gasteiger partial charge is 0.212 e. The van der Waals surface area contributed by atoms with Crippen LogP contribution in [0.2, 0.25) is 0 Å². The van der Waals surface area contributed by atoms with Crippen molar-refractivity contribution in [3.05, 3.63) is 35.4 Å². The summed E-state index contributed by atoms with van der Waals surface area (Å²) in [5.41, 5.74) is 2.65. The Kier molecular flexibility index (Phi) is 4.92. The fraction of sp³-hybridized carbons (Fsp3) is 0.571. The average molecular weight is 299 g/mol. The van der Waals surface area contributed by atoms with Gasteiger partial charge in [-0.25, -0.2) is 12.7 Å².